The number of nitrogens with one attached hydrogen (secondary N) is 1. The highest BCUT2D eigenvalue weighted by Crippen LogP contribution is 2.26. The van der Waals surface area contributed by atoms with Gasteiger partial charge in [0.15, 0.2) is 11.4 Å². The number of carbonyl (C=O) groups is 2. The lowest BCUT2D eigenvalue weighted by atomic mass is 10.1. The van der Waals surface area contributed by atoms with E-state index in [1.165, 1.54) is 9.58 Å². The Morgan fingerprint density at radius 2 is 1.85 bits per heavy atom. The number of hydrogen-bond acceptors (Lipinski definition) is 5. The van der Waals surface area contributed by atoms with E-state index in [4.69, 9.17) is 0 Å². The lowest BCUT2D eigenvalue weighted by Gasteiger charge is -2.45. The third-order valence-electron chi connectivity index (χ3n) is 5.87. The molecule has 1 aromatic carbocycles. The molecule has 11 heteroatoms. The summed E-state index contributed by atoms with van der Waals surface area (Å²) in [5.74, 6) is -5.99. The van der Waals surface area contributed by atoms with Gasteiger partial charge in [0.05, 0.1) is 0 Å². The van der Waals surface area contributed by atoms with Gasteiger partial charge in [0, 0.05) is 42.5 Å². The lowest BCUT2D eigenvalue weighted by Crippen LogP contribution is -2.59. The summed E-state index contributed by atoms with van der Waals surface area (Å²) in [6, 6.07) is 0.517. The van der Waals surface area contributed by atoms with Gasteiger partial charge in [-0.3, -0.25) is 24.1 Å². The summed E-state index contributed by atoms with van der Waals surface area (Å²) < 4.78 is 42.1. The van der Waals surface area contributed by atoms with E-state index in [1.807, 2.05) is 26.0 Å². The summed E-state index contributed by atoms with van der Waals surface area (Å²) in [7, 11) is 0. The molecule has 1 aromatic heterocycles. The molecule has 2 aromatic rings. The molecule has 33 heavy (non-hydrogen) atoms. The van der Waals surface area contributed by atoms with Crippen molar-refractivity contribution in [3.05, 3.63) is 75.0 Å². The first kappa shape index (κ1) is 22.4. The van der Waals surface area contributed by atoms with Gasteiger partial charge in [0.2, 0.25) is 5.43 Å². The van der Waals surface area contributed by atoms with Gasteiger partial charge >= 0.3 is 0 Å². The first-order valence-electron chi connectivity index (χ1n) is 10.2. The molecule has 0 spiro atoms. The van der Waals surface area contributed by atoms with Crippen LogP contribution in [0.4, 0.5) is 13.2 Å². The Kier molecular flexibility index (Phi) is 5.64. The molecule has 2 N–H and O–H groups in total. The summed E-state index contributed by atoms with van der Waals surface area (Å²) >= 11 is 0. The molecule has 3 heterocycles. The Morgan fingerprint density at radius 1 is 1.18 bits per heavy atom. The number of aromatic hydroxyl groups is 1. The van der Waals surface area contributed by atoms with Crippen molar-refractivity contribution in [3.63, 3.8) is 0 Å². The third-order valence-corrected chi connectivity index (χ3v) is 5.87. The van der Waals surface area contributed by atoms with Crippen molar-refractivity contribution in [2.75, 3.05) is 11.7 Å². The molecular weight excluding hydrogens is 441 g/mol. The smallest absolute Gasteiger partial charge is 0.278 e. The van der Waals surface area contributed by atoms with Crippen molar-refractivity contribution in [1.82, 2.24) is 14.9 Å². The van der Waals surface area contributed by atoms with Crippen LogP contribution in [-0.4, -0.2) is 45.2 Å². The maximum Gasteiger partial charge on any atom is 0.278 e. The zero-order valence-corrected chi connectivity index (χ0v) is 17.8. The molecule has 0 unspecified atom stereocenters. The van der Waals surface area contributed by atoms with Gasteiger partial charge in [-0.1, -0.05) is 12.2 Å². The molecule has 0 radical (unpaired) electrons. The second-order valence-electron chi connectivity index (χ2n) is 8.05. The topological polar surface area (TPSA) is 94.9 Å². The number of hydrogen-bond donors (Lipinski definition) is 2. The quantitative estimate of drug-likeness (QED) is 0.681. The van der Waals surface area contributed by atoms with Gasteiger partial charge in [0.25, 0.3) is 11.8 Å². The van der Waals surface area contributed by atoms with E-state index in [0.29, 0.717) is 18.6 Å². The van der Waals surface area contributed by atoms with Crippen molar-refractivity contribution in [3.8, 4) is 5.75 Å². The number of aromatic nitrogens is 1. The minimum Gasteiger partial charge on any atom is -0.502 e. The zero-order chi connectivity index (χ0) is 24.0. The predicted octanol–water partition coefficient (Wildman–Crippen LogP) is 1.99. The highest BCUT2D eigenvalue weighted by atomic mass is 19.1. The van der Waals surface area contributed by atoms with Crippen molar-refractivity contribution in [2.24, 2.45) is 0 Å². The number of fused-ring (bicyclic) bond motifs is 4. The highest BCUT2D eigenvalue weighted by molar-refractivity contribution is 5.99. The van der Waals surface area contributed by atoms with Crippen LogP contribution in [0.2, 0.25) is 0 Å². The second-order valence-corrected chi connectivity index (χ2v) is 8.05. The number of amides is 2. The minimum absolute atomic E-state index is 0.150. The van der Waals surface area contributed by atoms with Crippen LogP contribution in [0.15, 0.2) is 35.3 Å². The maximum absolute atomic E-state index is 13.9. The Labute approximate surface area is 186 Å². The molecule has 0 fully saturated rings. The van der Waals surface area contributed by atoms with Gasteiger partial charge in [-0.15, -0.1) is 0 Å². The van der Waals surface area contributed by atoms with Gasteiger partial charge in [0.1, 0.15) is 29.7 Å². The van der Waals surface area contributed by atoms with E-state index < -0.39 is 58.1 Å². The number of benzene rings is 1. The van der Waals surface area contributed by atoms with Crippen molar-refractivity contribution in [1.29, 1.82) is 0 Å². The van der Waals surface area contributed by atoms with E-state index in [1.54, 1.807) is 5.01 Å². The monoisotopic (exact) mass is 462 g/mol. The number of nitrogens with zero attached hydrogens (tertiary/aromatic N) is 3. The molecule has 2 aliphatic rings. The molecule has 2 bridgehead atoms. The van der Waals surface area contributed by atoms with Gasteiger partial charge in [-0.2, -0.15) is 0 Å². The van der Waals surface area contributed by atoms with Crippen molar-refractivity contribution in [2.45, 2.75) is 38.9 Å². The summed E-state index contributed by atoms with van der Waals surface area (Å²) in [6.07, 6.45) is 5.54. The van der Waals surface area contributed by atoms with E-state index in [2.05, 4.69) is 5.32 Å². The molecule has 0 saturated carbocycles. The van der Waals surface area contributed by atoms with Crippen LogP contribution in [0.3, 0.4) is 0 Å². The van der Waals surface area contributed by atoms with Crippen LogP contribution in [0, 0.1) is 17.5 Å². The average molecular weight is 462 g/mol. The zero-order valence-electron chi connectivity index (χ0n) is 17.8. The lowest BCUT2D eigenvalue weighted by molar-refractivity contribution is 0.0634. The molecule has 2 aliphatic heterocycles. The molecule has 4 rings (SSSR count). The van der Waals surface area contributed by atoms with Crippen LogP contribution in [-0.2, 0) is 6.54 Å². The number of carbonyl (C=O) groups excluding carboxylic acids is 2. The van der Waals surface area contributed by atoms with E-state index in [-0.39, 0.29) is 24.4 Å². The molecule has 0 aliphatic carbocycles. The summed E-state index contributed by atoms with van der Waals surface area (Å²) in [5.41, 5.74) is -2.47. The summed E-state index contributed by atoms with van der Waals surface area (Å²) in [6.45, 7) is 3.19. The average Bonchev–Trinajstić information content (AvgIpc) is 2.74. The second kappa shape index (κ2) is 8.30. The SMILES string of the molecule is C[C@H]1/C=C\C[C@H](C)N2CN1C(=O)c1c(O)c(=O)c(C(=O)NCc3c(F)cc(F)cc3F)cn12. The van der Waals surface area contributed by atoms with Crippen LogP contribution in [0.1, 0.15) is 46.7 Å². The fraction of sp³-hybridized carbons (Fsp3) is 0.318. The Hall–Kier alpha value is -3.76. The fourth-order valence-electron chi connectivity index (χ4n) is 3.95. The van der Waals surface area contributed by atoms with Gasteiger partial charge in [-0.25, -0.2) is 13.2 Å². The van der Waals surface area contributed by atoms with E-state index in [0.717, 1.165) is 6.20 Å². The van der Waals surface area contributed by atoms with Crippen molar-refractivity contribution >= 4 is 11.8 Å². The standard InChI is InChI=1S/C22H21F3N4O4/c1-11-4-3-5-12(2)29-10-27(11)22(33)18-20(31)19(30)15(9-28(18)29)21(32)26-8-14-16(24)6-13(23)7-17(14)25/h3-4,6-7,9,11-12,31H,5,8,10H2,1-2H3,(H,26,32)/b4-3-/t11-,12-/m0/s1. The Balaban J connectivity index is 1.71. The maximum atomic E-state index is 13.9. The number of halogens is 3. The normalized spacial score (nSPS) is 20.7. The molecule has 174 valence electrons. The number of rotatable bonds is 3. The van der Waals surface area contributed by atoms with Crippen LogP contribution in [0.5, 0.6) is 5.75 Å². The van der Waals surface area contributed by atoms with Crippen LogP contribution < -0.4 is 15.8 Å². The molecule has 2 amide bonds. The Morgan fingerprint density at radius 3 is 2.52 bits per heavy atom. The summed E-state index contributed by atoms with van der Waals surface area (Å²) in [5, 5.41) is 14.5. The molecular formula is C22H21F3N4O4. The van der Waals surface area contributed by atoms with Crippen LogP contribution >= 0.6 is 0 Å². The predicted molar refractivity (Wildman–Crippen MR) is 112 cm³/mol. The van der Waals surface area contributed by atoms with Crippen molar-refractivity contribution < 1.29 is 27.9 Å². The largest absolute Gasteiger partial charge is 0.502 e. The molecule has 8 nitrogen and oxygen atoms in total. The first-order valence-corrected chi connectivity index (χ1v) is 10.2. The van der Waals surface area contributed by atoms with E-state index >= 15 is 0 Å². The third kappa shape index (κ3) is 3.83. The van der Waals surface area contributed by atoms with Gasteiger partial charge in [-0.05, 0) is 20.3 Å². The van der Waals surface area contributed by atoms with Crippen LogP contribution in [0.25, 0.3) is 0 Å². The van der Waals surface area contributed by atoms with Gasteiger partial charge < -0.3 is 15.3 Å². The highest BCUT2D eigenvalue weighted by Gasteiger charge is 2.38. The Bertz CT molecular complexity index is 1220. The molecule has 2 atom stereocenters. The minimum atomic E-state index is -1.19. The number of pyridine rings is 1. The summed E-state index contributed by atoms with van der Waals surface area (Å²) in [4.78, 5) is 39.9. The molecule has 0 saturated heterocycles. The van der Waals surface area contributed by atoms with E-state index in [9.17, 15) is 32.7 Å². The first-order chi connectivity index (χ1) is 15.6. The fourth-order valence-corrected chi connectivity index (χ4v) is 3.95.